The minimum Gasteiger partial charge on any atom is -0.380 e. The van der Waals surface area contributed by atoms with E-state index >= 15 is 0 Å². The summed E-state index contributed by atoms with van der Waals surface area (Å²) in [4.78, 5) is 15.7. The van der Waals surface area contributed by atoms with E-state index in [2.05, 4.69) is 15.6 Å². The number of anilines is 1. The molecule has 6 heteroatoms. The fourth-order valence-corrected chi connectivity index (χ4v) is 1.97. The molecule has 2 N–H and O–H groups in total. The molecule has 1 saturated heterocycles. The molecule has 2 unspecified atom stereocenters. The van der Waals surface area contributed by atoms with Gasteiger partial charge in [0.05, 0.1) is 12.1 Å². The summed E-state index contributed by atoms with van der Waals surface area (Å²) >= 11 is 5.74. The van der Waals surface area contributed by atoms with Crippen LogP contribution in [0.25, 0.3) is 0 Å². The summed E-state index contributed by atoms with van der Waals surface area (Å²) in [6.45, 7) is 0.700. The average Bonchev–Trinajstić information content (AvgIpc) is 2.77. The number of rotatable bonds is 3. The molecular formula is C11H14ClN3O2. The Bertz CT molecular complexity index is 413. The van der Waals surface area contributed by atoms with E-state index in [1.807, 2.05) is 0 Å². The highest BCUT2D eigenvalue weighted by molar-refractivity contribution is 6.29. The number of hydrogen-bond acceptors (Lipinski definition) is 4. The monoisotopic (exact) mass is 255 g/mol. The molecule has 1 aromatic heterocycles. The maximum atomic E-state index is 11.9. The van der Waals surface area contributed by atoms with E-state index in [0.717, 1.165) is 0 Å². The molecule has 0 aliphatic carbocycles. The number of methoxy groups -OCH3 is 1. The molecule has 2 rings (SSSR count). The summed E-state index contributed by atoms with van der Waals surface area (Å²) in [6.07, 6.45) is 2.34. The van der Waals surface area contributed by atoms with Crippen molar-refractivity contribution in [2.45, 2.75) is 18.6 Å². The molecule has 0 spiro atoms. The van der Waals surface area contributed by atoms with Crippen LogP contribution in [-0.4, -0.2) is 36.7 Å². The first-order valence-corrected chi connectivity index (χ1v) is 5.75. The lowest BCUT2D eigenvalue weighted by molar-refractivity contribution is -0.118. The van der Waals surface area contributed by atoms with Crippen LogP contribution in [0.5, 0.6) is 0 Å². The van der Waals surface area contributed by atoms with Gasteiger partial charge in [-0.15, -0.1) is 0 Å². The van der Waals surface area contributed by atoms with E-state index in [4.69, 9.17) is 16.3 Å². The van der Waals surface area contributed by atoms with Crippen LogP contribution in [0.2, 0.25) is 5.15 Å². The van der Waals surface area contributed by atoms with Crippen LogP contribution in [0.3, 0.4) is 0 Å². The number of aromatic nitrogens is 1. The van der Waals surface area contributed by atoms with Crippen LogP contribution in [0.15, 0.2) is 18.3 Å². The predicted octanol–water partition coefficient (Wildman–Crippen LogP) is 1.05. The van der Waals surface area contributed by atoms with Gasteiger partial charge in [0.15, 0.2) is 0 Å². The standard InChI is InChI=1S/C11H14ClN3O2/c1-17-8-5-9(14-6-8)11(16)15-7-2-3-13-10(12)4-7/h2-4,8-9,14H,5-6H2,1H3,(H,13,15,16). The number of halogens is 1. The Morgan fingerprint density at radius 2 is 2.53 bits per heavy atom. The highest BCUT2D eigenvalue weighted by Gasteiger charge is 2.29. The zero-order chi connectivity index (χ0) is 12.3. The smallest absolute Gasteiger partial charge is 0.241 e. The lowest BCUT2D eigenvalue weighted by Crippen LogP contribution is -2.35. The summed E-state index contributed by atoms with van der Waals surface area (Å²) in [5, 5.41) is 6.25. The number of carbonyl (C=O) groups excluding carboxylic acids is 1. The van der Waals surface area contributed by atoms with Gasteiger partial charge in [-0.2, -0.15) is 0 Å². The van der Waals surface area contributed by atoms with Gasteiger partial charge in [0.2, 0.25) is 5.91 Å². The molecule has 0 aromatic carbocycles. The molecule has 17 heavy (non-hydrogen) atoms. The normalized spacial score (nSPS) is 23.6. The highest BCUT2D eigenvalue weighted by atomic mass is 35.5. The molecule has 0 bridgehead atoms. The average molecular weight is 256 g/mol. The number of hydrogen-bond donors (Lipinski definition) is 2. The van der Waals surface area contributed by atoms with Crippen LogP contribution in [0.1, 0.15) is 6.42 Å². The van der Waals surface area contributed by atoms with Gasteiger partial charge < -0.3 is 15.4 Å². The zero-order valence-electron chi connectivity index (χ0n) is 9.44. The van der Waals surface area contributed by atoms with Gasteiger partial charge in [-0.1, -0.05) is 11.6 Å². The van der Waals surface area contributed by atoms with Crippen molar-refractivity contribution in [2.75, 3.05) is 19.0 Å². The molecular weight excluding hydrogens is 242 g/mol. The fourth-order valence-electron chi connectivity index (χ4n) is 1.79. The van der Waals surface area contributed by atoms with Gasteiger partial charge in [-0.05, 0) is 18.6 Å². The third kappa shape index (κ3) is 3.15. The summed E-state index contributed by atoms with van der Waals surface area (Å²) in [6, 6.07) is 3.10. The van der Waals surface area contributed by atoms with Gasteiger partial charge >= 0.3 is 0 Å². The van der Waals surface area contributed by atoms with E-state index in [1.165, 1.54) is 0 Å². The molecule has 0 saturated carbocycles. The molecule has 5 nitrogen and oxygen atoms in total. The molecule has 92 valence electrons. The first kappa shape index (κ1) is 12.3. The third-order valence-electron chi connectivity index (χ3n) is 2.73. The number of carbonyl (C=O) groups is 1. The Morgan fingerprint density at radius 3 is 3.18 bits per heavy atom. The third-order valence-corrected chi connectivity index (χ3v) is 2.94. The minimum absolute atomic E-state index is 0.0770. The van der Waals surface area contributed by atoms with Crippen molar-refractivity contribution in [1.29, 1.82) is 0 Å². The lowest BCUT2D eigenvalue weighted by Gasteiger charge is -2.11. The van der Waals surface area contributed by atoms with Crippen molar-refractivity contribution in [2.24, 2.45) is 0 Å². The van der Waals surface area contributed by atoms with E-state index in [1.54, 1.807) is 25.4 Å². The Balaban J connectivity index is 1.93. The zero-order valence-corrected chi connectivity index (χ0v) is 10.2. The number of nitrogens with one attached hydrogen (secondary N) is 2. The first-order chi connectivity index (χ1) is 8.19. The van der Waals surface area contributed by atoms with Crippen LogP contribution >= 0.6 is 11.6 Å². The second-order valence-electron chi connectivity index (χ2n) is 3.91. The van der Waals surface area contributed by atoms with Crippen LogP contribution in [0, 0.1) is 0 Å². The van der Waals surface area contributed by atoms with Gasteiger partial charge in [0.1, 0.15) is 5.15 Å². The highest BCUT2D eigenvalue weighted by Crippen LogP contribution is 2.15. The molecule has 2 heterocycles. The topological polar surface area (TPSA) is 63.2 Å². The second kappa shape index (κ2) is 5.44. The van der Waals surface area contributed by atoms with Crippen molar-refractivity contribution >= 4 is 23.2 Å². The van der Waals surface area contributed by atoms with E-state index in [-0.39, 0.29) is 18.1 Å². The molecule has 1 fully saturated rings. The Kier molecular flexibility index (Phi) is 3.93. The van der Waals surface area contributed by atoms with Gasteiger partial charge in [-0.3, -0.25) is 4.79 Å². The lowest BCUT2D eigenvalue weighted by atomic mass is 10.2. The van der Waals surface area contributed by atoms with Crippen molar-refractivity contribution < 1.29 is 9.53 Å². The Hall–Kier alpha value is -1.17. The van der Waals surface area contributed by atoms with Gasteiger partial charge in [0, 0.05) is 25.5 Å². The van der Waals surface area contributed by atoms with Crippen molar-refractivity contribution in [3.63, 3.8) is 0 Å². The molecule has 1 aliphatic rings. The summed E-state index contributed by atoms with van der Waals surface area (Å²) in [5.74, 6) is -0.0770. The maximum absolute atomic E-state index is 11.9. The summed E-state index contributed by atoms with van der Waals surface area (Å²) in [7, 11) is 1.65. The number of pyridine rings is 1. The predicted molar refractivity (Wildman–Crippen MR) is 65.1 cm³/mol. The van der Waals surface area contributed by atoms with Crippen LogP contribution in [0.4, 0.5) is 5.69 Å². The molecule has 2 atom stereocenters. The fraction of sp³-hybridized carbons (Fsp3) is 0.455. The molecule has 1 aliphatic heterocycles. The second-order valence-corrected chi connectivity index (χ2v) is 4.30. The summed E-state index contributed by atoms with van der Waals surface area (Å²) < 4.78 is 5.19. The van der Waals surface area contributed by atoms with Crippen molar-refractivity contribution in [3.05, 3.63) is 23.5 Å². The van der Waals surface area contributed by atoms with Gasteiger partial charge in [-0.25, -0.2) is 4.98 Å². The van der Waals surface area contributed by atoms with E-state index < -0.39 is 0 Å². The van der Waals surface area contributed by atoms with Crippen molar-refractivity contribution in [3.8, 4) is 0 Å². The Morgan fingerprint density at radius 1 is 1.71 bits per heavy atom. The number of amides is 1. The van der Waals surface area contributed by atoms with Crippen LogP contribution in [-0.2, 0) is 9.53 Å². The van der Waals surface area contributed by atoms with Crippen molar-refractivity contribution in [1.82, 2.24) is 10.3 Å². The SMILES string of the molecule is COC1CNC(C(=O)Nc2ccnc(Cl)c2)C1. The molecule has 0 radical (unpaired) electrons. The van der Waals surface area contributed by atoms with Crippen LogP contribution < -0.4 is 10.6 Å². The molecule has 1 amide bonds. The number of ether oxygens (including phenoxy) is 1. The quantitative estimate of drug-likeness (QED) is 0.793. The maximum Gasteiger partial charge on any atom is 0.241 e. The van der Waals surface area contributed by atoms with E-state index in [9.17, 15) is 4.79 Å². The largest absolute Gasteiger partial charge is 0.380 e. The Labute approximate surface area is 105 Å². The summed E-state index contributed by atoms with van der Waals surface area (Å²) in [5.41, 5.74) is 0.651. The molecule has 1 aromatic rings. The van der Waals surface area contributed by atoms with E-state index in [0.29, 0.717) is 23.8 Å². The number of nitrogens with zero attached hydrogens (tertiary/aromatic N) is 1. The first-order valence-electron chi connectivity index (χ1n) is 5.37. The minimum atomic E-state index is -0.216. The van der Waals surface area contributed by atoms with Gasteiger partial charge in [0.25, 0.3) is 0 Å².